The Hall–Kier alpha value is -1.48. The van der Waals surface area contributed by atoms with Crippen molar-refractivity contribution in [3.8, 4) is 0 Å². The van der Waals surface area contributed by atoms with Crippen molar-refractivity contribution in [2.45, 2.75) is 13.5 Å². The van der Waals surface area contributed by atoms with Gasteiger partial charge in [-0.1, -0.05) is 22.9 Å². The minimum Gasteiger partial charge on any atom is -0.344 e. The van der Waals surface area contributed by atoms with Crippen molar-refractivity contribution in [2.75, 3.05) is 31.1 Å². The zero-order valence-corrected chi connectivity index (χ0v) is 15.5. The quantitative estimate of drug-likeness (QED) is 0.697. The number of hydrogen-bond donors (Lipinski definition) is 0. The van der Waals surface area contributed by atoms with Gasteiger partial charge in [-0.15, -0.1) is 16.4 Å². The standard InChI is InChI=1S/C15H16ClN5OS2/c1-10-8-13(22)21-14(17-10)24-15(18-21)20-6-4-19(5-7-20)9-11-2-3-12(16)23-11/h2-3,8H,4-7,9H2,1H3. The van der Waals surface area contributed by atoms with Gasteiger partial charge in [0.05, 0.1) is 4.34 Å². The van der Waals surface area contributed by atoms with E-state index >= 15 is 0 Å². The molecule has 0 spiro atoms. The molecule has 0 amide bonds. The maximum absolute atomic E-state index is 12.0. The molecule has 0 bridgehead atoms. The molecule has 0 aliphatic carbocycles. The zero-order chi connectivity index (χ0) is 16.7. The van der Waals surface area contributed by atoms with E-state index in [2.05, 4.69) is 25.9 Å². The third-order valence-electron chi connectivity index (χ3n) is 4.01. The lowest BCUT2D eigenvalue weighted by Crippen LogP contribution is -2.45. The number of fused-ring (bicyclic) bond motifs is 1. The number of rotatable bonds is 3. The highest BCUT2D eigenvalue weighted by Gasteiger charge is 2.21. The smallest absolute Gasteiger partial charge is 0.275 e. The number of anilines is 1. The Morgan fingerprint density at radius 1 is 1.21 bits per heavy atom. The Morgan fingerprint density at radius 2 is 2.00 bits per heavy atom. The Balaban J connectivity index is 1.46. The van der Waals surface area contributed by atoms with E-state index in [0.717, 1.165) is 47.9 Å². The van der Waals surface area contributed by atoms with Gasteiger partial charge in [0.2, 0.25) is 10.1 Å². The van der Waals surface area contributed by atoms with Crippen molar-refractivity contribution >= 4 is 44.4 Å². The molecule has 1 aliphatic rings. The van der Waals surface area contributed by atoms with Crippen LogP contribution < -0.4 is 10.5 Å². The van der Waals surface area contributed by atoms with Crippen molar-refractivity contribution < 1.29 is 0 Å². The van der Waals surface area contributed by atoms with Crippen molar-refractivity contribution in [1.82, 2.24) is 19.5 Å². The Labute approximate surface area is 151 Å². The predicted octanol–water partition coefficient (Wildman–Crippen LogP) is 2.50. The normalized spacial score (nSPS) is 16.2. The molecule has 24 heavy (non-hydrogen) atoms. The van der Waals surface area contributed by atoms with Crippen LogP contribution in [-0.4, -0.2) is 45.7 Å². The van der Waals surface area contributed by atoms with E-state index in [1.165, 1.54) is 26.8 Å². The summed E-state index contributed by atoms with van der Waals surface area (Å²) >= 11 is 9.11. The van der Waals surface area contributed by atoms with Gasteiger partial charge in [-0.3, -0.25) is 9.69 Å². The summed E-state index contributed by atoms with van der Waals surface area (Å²) in [6.45, 7) is 6.49. The monoisotopic (exact) mass is 381 g/mol. The third-order valence-corrected chi connectivity index (χ3v) is 6.20. The fourth-order valence-electron chi connectivity index (χ4n) is 2.79. The van der Waals surface area contributed by atoms with Gasteiger partial charge in [0, 0.05) is 49.4 Å². The van der Waals surface area contributed by atoms with E-state index in [1.807, 2.05) is 13.0 Å². The van der Waals surface area contributed by atoms with Crippen LogP contribution in [0.2, 0.25) is 4.34 Å². The Bertz CT molecular complexity index is 925. The minimum atomic E-state index is -0.117. The summed E-state index contributed by atoms with van der Waals surface area (Å²) < 4.78 is 2.24. The average molecular weight is 382 g/mol. The molecular formula is C15H16ClN5OS2. The zero-order valence-electron chi connectivity index (χ0n) is 13.1. The van der Waals surface area contributed by atoms with Crippen LogP contribution in [0.15, 0.2) is 23.0 Å². The fraction of sp³-hybridized carbons (Fsp3) is 0.400. The lowest BCUT2D eigenvalue weighted by Gasteiger charge is -2.34. The topological polar surface area (TPSA) is 53.7 Å². The van der Waals surface area contributed by atoms with E-state index in [1.54, 1.807) is 11.3 Å². The third kappa shape index (κ3) is 3.19. The largest absolute Gasteiger partial charge is 0.344 e. The molecule has 1 fully saturated rings. The van der Waals surface area contributed by atoms with Gasteiger partial charge in [0.15, 0.2) is 0 Å². The number of aryl methyl sites for hydroxylation is 1. The molecular weight excluding hydrogens is 366 g/mol. The molecule has 9 heteroatoms. The lowest BCUT2D eigenvalue weighted by molar-refractivity contribution is 0.251. The van der Waals surface area contributed by atoms with Crippen LogP contribution >= 0.6 is 34.3 Å². The molecule has 3 aromatic heterocycles. The highest BCUT2D eigenvalue weighted by Crippen LogP contribution is 2.25. The van der Waals surface area contributed by atoms with Crippen molar-refractivity contribution in [3.63, 3.8) is 0 Å². The van der Waals surface area contributed by atoms with Gasteiger partial charge in [-0.2, -0.15) is 4.52 Å². The van der Waals surface area contributed by atoms with E-state index < -0.39 is 0 Å². The van der Waals surface area contributed by atoms with Crippen molar-refractivity contribution in [2.24, 2.45) is 0 Å². The van der Waals surface area contributed by atoms with Gasteiger partial charge < -0.3 is 4.90 Å². The maximum Gasteiger partial charge on any atom is 0.275 e. The van der Waals surface area contributed by atoms with Gasteiger partial charge in [0.1, 0.15) is 0 Å². The number of halogens is 1. The van der Waals surface area contributed by atoms with Crippen molar-refractivity contribution in [3.05, 3.63) is 43.5 Å². The van der Waals surface area contributed by atoms with Crippen LogP contribution in [0, 0.1) is 6.92 Å². The number of thiophene rings is 1. The summed E-state index contributed by atoms with van der Waals surface area (Å²) in [5.41, 5.74) is 0.614. The van der Waals surface area contributed by atoms with Crippen LogP contribution in [0.5, 0.6) is 0 Å². The second-order valence-electron chi connectivity index (χ2n) is 5.78. The van der Waals surface area contributed by atoms with E-state index in [-0.39, 0.29) is 5.56 Å². The number of nitrogens with zero attached hydrogens (tertiary/aromatic N) is 5. The number of aromatic nitrogens is 3. The molecule has 0 radical (unpaired) electrons. The predicted molar refractivity (Wildman–Crippen MR) is 98.7 cm³/mol. The van der Waals surface area contributed by atoms with Crippen LogP contribution in [0.1, 0.15) is 10.6 Å². The summed E-state index contributed by atoms with van der Waals surface area (Å²) in [7, 11) is 0. The summed E-state index contributed by atoms with van der Waals surface area (Å²) in [4.78, 5) is 23.0. The highest BCUT2D eigenvalue weighted by molar-refractivity contribution is 7.20. The molecule has 6 nitrogen and oxygen atoms in total. The van der Waals surface area contributed by atoms with Crippen LogP contribution in [-0.2, 0) is 6.54 Å². The molecule has 0 aromatic carbocycles. The summed E-state index contributed by atoms with van der Waals surface area (Å²) in [6.07, 6.45) is 0. The first kappa shape index (κ1) is 16.0. The van der Waals surface area contributed by atoms with Gasteiger partial charge >= 0.3 is 0 Å². The second-order valence-corrected chi connectivity index (χ2v) is 8.52. The van der Waals surface area contributed by atoms with Crippen LogP contribution in [0.25, 0.3) is 4.96 Å². The van der Waals surface area contributed by atoms with Gasteiger partial charge in [-0.05, 0) is 19.1 Å². The first-order valence-corrected chi connectivity index (χ1v) is 9.68. The van der Waals surface area contributed by atoms with E-state index in [9.17, 15) is 4.79 Å². The summed E-state index contributed by atoms with van der Waals surface area (Å²) in [5, 5.41) is 5.31. The van der Waals surface area contributed by atoms with Gasteiger partial charge in [-0.25, -0.2) is 4.98 Å². The molecule has 1 aliphatic heterocycles. The molecule has 3 aromatic rings. The average Bonchev–Trinajstić information content (AvgIpc) is 3.14. The van der Waals surface area contributed by atoms with Crippen LogP contribution in [0.4, 0.5) is 5.13 Å². The van der Waals surface area contributed by atoms with Crippen molar-refractivity contribution in [1.29, 1.82) is 0 Å². The van der Waals surface area contributed by atoms with Crippen LogP contribution in [0.3, 0.4) is 0 Å². The fourth-order valence-corrected chi connectivity index (χ4v) is 4.93. The van der Waals surface area contributed by atoms with E-state index in [4.69, 9.17) is 11.6 Å². The van der Waals surface area contributed by atoms with E-state index in [0.29, 0.717) is 4.96 Å². The highest BCUT2D eigenvalue weighted by atomic mass is 35.5. The second kappa shape index (κ2) is 6.44. The SMILES string of the molecule is Cc1cc(=O)n2nc(N3CCN(Cc4ccc(Cl)s4)CC3)sc2n1. The molecule has 0 atom stereocenters. The molecule has 4 rings (SSSR count). The molecule has 0 N–H and O–H groups in total. The van der Waals surface area contributed by atoms with Gasteiger partial charge in [0.25, 0.3) is 5.56 Å². The molecule has 126 valence electrons. The lowest BCUT2D eigenvalue weighted by atomic mass is 10.3. The Kier molecular flexibility index (Phi) is 4.29. The Morgan fingerprint density at radius 3 is 2.71 bits per heavy atom. The molecule has 1 saturated heterocycles. The summed E-state index contributed by atoms with van der Waals surface area (Å²) in [5.74, 6) is 0. The molecule has 0 unspecified atom stereocenters. The molecule has 4 heterocycles. The summed E-state index contributed by atoms with van der Waals surface area (Å²) in [6, 6.07) is 5.56. The first-order chi connectivity index (χ1) is 11.6. The number of hydrogen-bond acceptors (Lipinski definition) is 7. The molecule has 0 saturated carbocycles. The minimum absolute atomic E-state index is 0.117. The maximum atomic E-state index is 12.0. The number of piperazine rings is 1. The first-order valence-electron chi connectivity index (χ1n) is 7.67.